The van der Waals surface area contributed by atoms with Crippen LogP contribution in [0, 0.1) is 6.92 Å². The Morgan fingerprint density at radius 1 is 1.26 bits per heavy atom. The Balaban J connectivity index is 1.60. The predicted molar refractivity (Wildman–Crippen MR) is 105 cm³/mol. The molecule has 1 aromatic carbocycles. The summed E-state index contributed by atoms with van der Waals surface area (Å²) >= 11 is 0. The summed E-state index contributed by atoms with van der Waals surface area (Å²) in [5, 5.41) is 5.72. The maximum atomic E-state index is 12.3. The van der Waals surface area contributed by atoms with Crippen molar-refractivity contribution in [1.82, 2.24) is 10.3 Å². The minimum Gasteiger partial charge on any atom is -0.492 e. The van der Waals surface area contributed by atoms with Crippen LogP contribution in [0.1, 0.15) is 43.7 Å². The van der Waals surface area contributed by atoms with Gasteiger partial charge in [0, 0.05) is 18.3 Å². The highest BCUT2D eigenvalue weighted by Gasteiger charge is 2.18. The molecule has 1 aliphatic rings. The topological polar surface area (TPSA) is 72.5 Å². The summed E-state index contributed by atoms with van der Waals surface area (Å²) in [5.74, 6) is 1.27. The first-order valence-corrected chi connectivity index (χ1v) is 9.54. The number of urea groups is 1. The van der Waals surface area contributed by atoms with Crippen molar-refractivity contribution in [2.24, 2.45) is 0 Å². The van der Waals surface area contributed by atoms with Crippen LogP contribution in [0.3, 0.4) is 0 Å². The Morgan fingerprint density at radius 2 is 2.07 bits per heavy atom. The van der Waals surface area contributed by atoms with Crippen molar-refractivity contribution in [3.8, 4) is 11.6 Å². The Morgan fingerprint density at radius 3 is 2.85 bits per heavy atom. The zero-order chi connectivity index (χ0) is 19.1. The molecule has 0 saturated heterocycles. The van der Waals surface area contributed by atoms with Gasteiger partial charge in [-0.05, 0) is 63.3 Å². The molecule has 1 fully saturated rings. The molecule has 0 spiro atoms. The Kier molecular flexibility index (Phi) is 6.52. The first-order chi connectivity index (χ1) is 13.2. The van der Waals surface area contributed by atoms with Gasteiger partial charge in [-0.25, -0.2) is 9.78 Å². The van der Waals surface area contributed by atoms with Crippen molar-refractivity contribution in [3.63, 3.8) is 0 Å². The average molecular weight is 369 g/mol. The van der Waals surface area contributed by atoms with Gasteiger partial charge in [-0.1, -0.05) is 12.1 Å². The van der Waals surface area contributed by atoms with E-state index in [0.717, 1.165) is 24.0 Å². The third-order valence-electron chi connectivity index (χ3n) is 4.56. The third-order valence-corrected chi connectivity index (χ3v) is 4.56. The zero-order valence-electron chi connectivity index (χ0n) is 16.0. The van der Waals surface area contributed by atoms with Crippen molar-refractivity contribution in [2.75, 3.05) is 11.9 Å². The molecule has 2 amide bonds. The Hall–Kier alpha value is -2.76. The van der Waals surface area contributed by atoms with Crippen molar-refractivity contribution >= 4 is 11.7 Å². The summed E-state index contributed by atoms with van der Waals surface area (Å²) in [6.45, 7) is 4.79. The molecule has 2 N–H and O–H groups in total. The highest BCUT2D eigenvalue weighted by Crippen LogP contribution is 2.26. The van der Waals surface area contributed by atoms with Crippen LogP contribution in [0.5, 0.6) is 11.6 Å². The highest BCUT2D eigenvalue weighted by atomic mass is 16.5. The number of anilines is 1. The number of rotatable bonds is 7. The fraction of sp³-hybridized carbons (Fsp3) is 0.429. The average Bonchev–Trinajstić information content (AvgIpc) is 3.17. The van der Waals surface area contributed by atoms with Crippen LogP contribution in [0.2, 0.25) is 0 Å². The minimum absolute atomic E-state index is 0.230. The fourth-order valence-electron chi connectivity index (χ4n) is 3.18. The van der Waals surface area contributed by atoms with E-state index >= 15 is 0 Å². The van der Waals surface area contributed by atoms with E-state index in [1.807, 2.05) is 44.2 Å². The number of ether oxygens (including phenoxy) is 2. The molecule has 6 heteroatoms. The summed E-state index contributed by atoms with van der Waals surface area (Å²) < 4.78 is 11.6. The summed E-state index contributed by atoms with van der Waals surface area (Å²) in [6.07, 6.45) is 6.48. The van der Waals surface area contributed by atoms with Gasteiger partial charge < -0.3 is 20.1 Å². The molecule has 3 rings (SSSR count). The summed E-state index contributed by atoms with van der Waals surface area (Å²) in [7, 11) is 0. The number of carbonyl (C=O) groups excluding carboxylic acids is 1. The first kappa shape index (κ1) is 19.0. The minimum atomic E-state index is -0.296. The van der Waals surface area contributed by atoms with Crippen LogP contribution in [0.25, 0.3) is 0 Å². The molecule has 0 bridgehead atoms. The first-order valence-electron chi connectivity index (χ1n) is 9.54. The van der Waals surface area contributed by atoms with Crippen molar-refractivity contribution in [2.45, 2.75) is 52.2 Å². The number of benzene rings is 1. The van der Waals surface area contributed by atoms with Gasteiger partial charge in [0.05, 0.1) is 12.3 Å². The van der Waals surface area contributed by atoms with Gasteiger partial charge in [-0.15, -0.1) is 0 Å². The predicted octanol–water partition coefficient (Wildman–Crippen LogP) is 4.43. The monoisotopic (exact) mass is 369 g/mol. The summed E-state index contributed by atoms with van der Waals surface area (Å²) in [4.78, 5) is 16.7. The van der Waals surface area contributed by atoms with E-state index in [1.165, 1.54) is 12.8 Å². The van der Waals surface area contributed by atoms with Crippen LogP contribution in [-0.4, -0.2) is 23.7 Å². The molecule has 0 atom stereocenters. The lowest BCUT2D eigenvalue weighted by Gasteiger charge is -2.16. The van der Waals surface area contributed by atoms with Gasteiger partial charge in [-0.3, -0.25) is 0 Å². The van der Waals surface area contributed by atoms with E-state index in [1.54, 1.807) is 6.20 Å². The van der Waals surface area contributed by atoms with E-state index < -0.39 is 0 Å². The van der Waals surface area contributed by atoms with Crippen molar-refractivity contribution in [1.29, 1.82) is 0 Å². The number of pyridine rings is 1. The molecule has 1 aliphatic carbocycles. The molecule has 2 aromatic rings. The molecular weight excluding hydrogens is 342 g/mol. The van der Waals surface area contributed by atoms with Gasteiger partial charge in [0.2, 0.25) is 5.88 Å². The summed E-state index contributed by atoms with van der Waals surface area (Å²) in [6, 6.07) is 9.17. The van der Waals surface area contributed by atoms with Crippen molar-refractivity contribution < 1.29 is 14.3 Å². The molecular formula is C21H27N3O3. The third kappa shape index (κ3) is 5.36. The summed E-state index contributed by atoms with van der Waals surface area (Å²) in [5.41, 5.74) is 2.59. The van der Waals surface area contributed by atoms with Gasteiger partial charge in [0.1, 0.15) is 11.9 Å². The lowest BCUT2D eigenvalue weighted by molar-refractivity contribution is 0.199. The molecule has 0 aliphatic heterocycles. The molecule has 1 saturated carbocycles. The second-order valence-corrected chi connectivity index (χ2v) is 6.73. The molecule has 27 heavy (non-hydrogen) atoms. The molecule has 144 valence electrons. The van der Waals surface area contributed by atoms with Crippen LogP contribution in [-0.2, 0) is 6.54 Å². The van der Waals surface area contributed by atoms with Crippen LogP contribution in [0.15, 0.2) is 36.5 Å². The number of hydrogen-bond acceptors (Lipinski definition) is 4. The van der Waals surface area contributed by atoms with Gasteiger partial charge in [-0.2, -0.15) is 0 Å². The SMILES string of the molecule is CCOc1cc(C)ccc1NC(=O)NCc1cccnc1OC1CCCC1. The second kappa shape index (κ2) is 9.26. The number of carbonyl (C=O) groups is 1. The van der Waals surface area contributed by atoms with Gasteiger partial charge in [0.25, 0.3) is 0 Å². The van der Waals surface area contributed by atoms with Gasteiger partial charge in [0.15, 0.2) is 0 Å². The van der Waals surface area contributed by atoms with E-state index in [0.29, 0.717) is 30.5 Å². The maximum Gasteiger partial charge on any atom is 0.319 e. The van der Waals surface area contributed by atoms with Crippen LogP contribution < -0.4 is 20.1 Å². The molecule has 1 aromatic heterocycles. The standard InChI is InChI=1S/C21H27N3O3/c1-3-26-19-13-15(2)10-11-18(19)24-21(25)23-14-16-7-6-12-22-20(16)27-17-8-4-5-9-17/h6-7,10-13,17H,3-5,8-9,14H2,1-2H3,(H2,23,24,25). The molecule has 0 unspecified atom stereocenters. The normalized spacial score (nSPS) is 14.0. The molecule has 1 heterocycles. The maximum absolute atomic E-state index is 12.3. The van der Waals surface area contributed by atoms with Gasteiger partial charge >= 0.3 is 6.03 Å². The second-order valence-electron chi connectivity index (χ2n) is 6.73. The van der Waals surface area contributed by atoms with Crippen LogP contribution >= 0.6 is 0 Å². The Labute approximate surface area is 160 Å². The van der Waals surface area contributed by atoms with E-state index in [-0.39, 0.29) is 12.1 Å². The lowest BCUT2D eigenvalue weighted by Crippen LogP contribution is -2.29. The fourth-order valence-corrected chi connectivity index (χ4v) is 3.18. The number of amides is 2. The quantitative estimate of drug-likeness (QED) is 0.757. The highest BCUT2D eigenvalue weighted by molar-refractivity contribution is 5.91. The van der Waals surface area contributed by atoms with E-state index in [4.69, 9.17) is 9.47 Å². The van der Waals surface area contributed by atoms with E-state index in [2.05, 4.69) is 15.6 Å². The Bertz CT molecular complexity index is 773. The molecule has 6 nitrogen and oxygen atoms in total. The number of nitrogens with one attached hydrogen (secondary N) is 2. The number of nitrogens with zero attached hydrogens (tertiary/aromatic N) is 1. The molecule has 0 radical (unpaired) electrons. The lowest BCUT2D eigenvalue weighted by atomic mass is 10.2. The number of aryl methyl sites for hydroxylation is 1. The van der Waals surface area contributed by atoms with Crippen LogP contribution in [0.4, 0.5) is 10.5 Å². The smallest absolute Gasteiger partial charge is 0.319 e. The van der Waals surface area contributed by atoms with Crippen molar-refractivity contribution in [3.05, 3.63) is 47.7 Å². The van der Waals surface area contributed by atoms with E-state index in [9.17, 15) is 4.79 Å². The zero-order valence-corrected chi connectivity index (χ0v) is 16.0. The number of hydrogen-bond donors (Lipinski definition) is 2. The largest absolute Gasteiger partial charge is 0.492 e. The number of aromatic nitrogens is 1.